The monoisotopic (exact) mass is 1260 g/mol. The lowest BCUT2D eigenvalue weighted by molar-refractivity contribution is 0.632. The topological polar surface area (TPSA) is 19.4 Å². The molecular formula is C88H64B2N6S. The van der Waals surface area contributed by atoms with Crippen molar-refractivity contribution in [1.29, 1.82) is 0 Å². The number of para-hydroxylation sites is 9. The van der Waals surface area contributed by atoms with Crippen LogP contribution in [0.3, 0.4) is 0 Å². The summed E-state index contributed by atoms with van der Waals surface area (Å²) in [5, 5.41) is 1.22. The van der Waals surface area contributed by atoms with E-state index in [0.29, 0.717) is 0 Å². The summed E-state index contributed by atoms with van der Waals surface area (Å²) in [4.78, 5) is 16.7. The van der Waals surface area contributed by atoms with Gasteiger partial charge in [0.25, 0.3) is 13.4 Å². The van der Waals surface area contributed by atoms with Crippen molar-refractivity contribution >= 4 is 159 Å². The van der Waals surface area contributed by atoms with Crippen molar-refractivity contribution in [2.75, 3.05) is 29.4 Å². The van der Waals surface area contributed by atoms with E-state index < -0.39 is 0 Å². The molecule has 0 atom stereocenters. The zero-order valence-electron chi connectivity index (χ0n) is 54.3. The Balaban J connectivity index is 0.913. The van der Waals surface area contributed by atoms with Gasteiger partial charge in [-0.3, -0.25) is 0 Å². The van der Waals surface area contributed by atoms with Crippen LogP contribution in [-0.4, -0.2) is 13.4 Å². The lowest BCUT2D eigenvalue weighted by atomic mass is 9.30. The average molecular weight is 1260 g/mol. The first kappa shape index (κ1) is 55.9. The van der Waals surface area contributed by atoms with Gasteiger partial charge in [0.1, 0.15) is 0 Å². The fourth-order valence-corrected chi connectivity index (χ4v) is 18.7. The van der Waals surface area contributed by atoms with Crippen LogP contribution in [0.1, 0.15) is 49.9 Å². The van der Waals surface area contributed by atoms with Gasteiger partial charge in [0.05, 0.1) is 39.1 Å². The molecule has 97 heavy (non-hydrogen) atoms. The number of rotatable bonds is 7. The van der Waals surface area contributed by atoms with Crippen molar-refractivity contribution in [2.45, 2.75) is 38.5 Å². The van der Waals surface area contributed by atoms with Gasteiger partial charge in [-0.25, -0.2) is 0 Å². The zero-order chi connectivity index (χ0) is 64.4. The first-order valence-corrected chi connectivity index (χ1v) is 34.7. The Morgan fingerprint density at radius 1 is 0.237 bits per heavy atom. The molecule has 9 heteroatoms. The second-order valence-electron chi connectivity index (χ2n) is 27.6. The molecule has 0 aliphatic carbocycles. The quantitative estimate of drug-likeness (QED) is 0.147. The minimum Gasteiger partial charge on any atom is -0.311 e. The number of nitrogens with zero attached hydrogens (tertiary/aromatic N) is 6. The summed E-state index contributed by atoms with van der Waals surface area (Å²) in [6, 6.07) is 119. The van der Waals surface area contributed by atoms with E-state index in [1.807, 2.05) is 11.3 Å². The van der Waals surface area contributed by atoms with Gasteiger partial charge in [-0.05, 0) is 176 Å². The Hall–Kier alpha value is -11.5. The highest BCUT2D eigenvalue weighted by molar-refractivity contribution is 7.23. The first-order chi connectivity index (χ1) is 47.7. The highest BCUT2D eigenvalue weighted by Crippen LogP contribution is 2.58. The lowest BCUT2D eigenvalue weighted by Crippen LogP contribution is -2.65. The molecule has 0 fully saturated rings. The largest absolute Gasteiger partial charge is 0.311 e. The van der Waals surface area contributed by atoms with Gasteiger partial charge in [0.15, 0.2) is 0 Å². The van der Waals surface area contributed by atoms with E-state index in [4.69, 9.17) is 0 Å². The Bertz CT molecular complexity index is 5440. The van der Waals surface area contributed by atoms with Crippen LogP contribution in [0, 0.1) is 0 Å². The molecule has 0 saturated heterocycles. The average Bonchev–Trinajstić information content (AvgIpc) is 1.44. The molecule has 0 amide bonds. The molecular weight excluding hydrogens is 1190 g/mol. The predicted molar refractivity (Wildman–Crippen MR) is 411 cm³/mol. The van der Waals surface area contributed by atoms with Crippen molar-refractivity contribution in [3.8, 4) is 10.4 Å². The van der Waals surface area contributed by atoms with Gasteiger partial charge in [-0.1, -0.05) is 228 Å². The number of thiophene rings is 1. The summed E-state index contributed by atoms with van der Waals surface area (Å²) in [6.07, 6.45) is 0. The van der Waals surface area contributed by atoms with Gasteiger partial charge in [-0.15, -0.1) is 11.3 Å². The van der Waals surface area contributed by atoms with Gasteiger partial charge in [0, 0.05) is 78.3 Å². The van der Waals surface area contributed by atoms with Gasteiger partial charge in [0.2, 0.25) is 0 Å². The van der Waals surface area contributed by atoms with Crippen LogP contribution >= 0.6 is 11.3 Å². The molecule has 0 bridgehead atoms. The number of hydrogen-bond donors (Lipinski definition) is 0. The Morgan fingerprint density at radius 2 is 0.546 bits per heavy atom. The molecule has 6 aliphatic rings. The minimum absolute atomic E-state index is 0.168. The molecule has 6 nitrogen and oxygen atoms in total. The van der Waals surface area contributed by atoms with E-state index in [1.165, 1.54) is 105 Å². The van der Waals surface area contributed by atoms with E-state index >= 15 is 0 Å². The molecule has 6 aliphatic heterocycles. The second kappa shape index (κ2) is 21.0. The predicted octanol–water partition coefficient (Wildman–Crippen LogP) is 19.8. The van der Waals surface area contributed by atoms with Crippen LogP contribution in [0.2, 0.25) is 0 Å². The van der Waals surface area contributed by atoms with Crippen molar-refractivity contribution in [3.63, 3.8) is 0 Å². The zero-order valence-corrected chi connectivity index (χ0v) is 55.1. The summed E-state index contributed by atoms with van der Waals surface area (Å²) in [6.45, 7) is 9.18. The molecule has 1 aromatic heterocycles. The smallest absolute Gasteiger partial charge is 0.253 e. The van der Waals surface area contributed by atoms with Gasteiger partial charge in [-0.2, -0.15) is 0 Å². The Labute approximate surface area is 571 Å². The standard InChI is InChI=1S/C88H64B2N6S/c1-87(2)64-40-20-25-45-72(64)94(73-46-26-21-41-65(73)87)62-50-79-84-80(51-62)92(59-34-14-7-15-35-59)77-56-78-70(54-69(77)89(84)68-44-24-29-49-76(68)91(79)58-32-12-6-13-33-58)90-71-55-83(57-30-10-5-11-31-57)97-86(71)96(61-38-18-9-19-39-61)82-53-63(52-81(85(82)90)93(78)60-36-16-8-17-37-60)95-74-47-27-22-42-66(74)88(3,4)67-43-23-28-48-75(67)95/h5-56H,1-4H3. The molecule has 0 unspecified atom stereocenters. The van der Waals surface area contributed by atoms with E-state index in [-0.39, 0.29) is 24.3 Å². The molecule has 0 spiro atoms. The van der Waals surface area contributed by atoms with Crippen molar-refractivity contribution in [2.24, 2.45) is 0 Å². The number of hydrogen-bond acceptors (Lipinski definition) is 7. The van der Waals surface area contributed by atoms with E-state index in [2.05, 4.69) is 373 Å². The van der Waals surface area contributed by atoms with Crippen LogP contribution in [-0.2, 0) is 10.8 Å². The fraction of sp³-hybridized carbons (Fsp3) is 0.0682. The fourth-order valence-electron chi connectivity index (χ4n) is 17.5. The molecule has 7 heterocycles. The number of benzene rings is 13. The summed E-state index contributed by atoms with van der Waals surface area (Å²) in [7, 11) is 0. The van der Waals surface area contributed by atoms with Crippen molar-refractivity contribution in [3.05, 3.63) is 338 Å². The van der Waals surface area contributed by atoms with Crippen LogP contribution < -0.4 is 62.2 Å². The first-order valence-electron chi connectivity index (χ1n) is 33.9. The molecule has 14 aromatic rings. The maximum Gasteiger partial charge on any atom is 0.253 e. The van der Waals surface area contributed by atoms with Crippen molar-refractivity contribution in [1.82, 2.24) is 0 Å². The van der Waals surface area contributed by atoms with Gasteiger partial charge >= 0.3 is 0 Å². The molecule has 20 rings (SSSR count). The number of fused-ring (bicyclic) bond motifs is 12. The second-order valence-corrected chi connectivity index (χ2v) is 28.6. The minimum atomic E-state index is -0.246. The molecule has 0 N–H and O–H groups in total. The molecule has 458 valence electrons. The highest BCUT2D eigenvalue weighted by Gasteiger charge is 2.51. The van der Waals surface area contributed by atoms with E-state index in [1.54, 1.807) is 0 Å². The van der Waals surface area contributed by atoms with Crippen LogP contribution in [0.4, 0.5) is 102 Å². The third-order valence-electron chi connectivity index (χ3n) is 21.7. The normalized spacial score (nSPS) is 15.0. The summed E-state index contributed by atoms with van der Waals surface area (Å²) in [5.74, 6) is 0. The summed E-state index contributed by atoms with van der Waals surface area (Å²) in [5.41, 5.74) is 33.0. The molecule has 0 radical (unpaired) electrons. The van der Waals surface area contributed by atoms with Crippen LogP contribution in [0.25, 0.3) is 10.4 Å². The maximum absolute atomic E-state index is 2.67. The van der Waals surface area contributed by atoms with E-state index in [0.717, 1.165) is 62.6 Å². The van der Waals surface area contributed by atoms with Gasteiger partial charge < -0.3 is 29.4 Å². The van der Waals surface area contributed by atoms with Crippen molar-refractivity contribution < 1.29 is 0 Å². The number of anilines is 18. The third kappa shape index (κ3) is 8.04. The third-order valence-corrected chi connectivity index (χ3v) is 22.9. The Morgan fingerprint density at radius 3 is 0.959 bits per heavy atom. The van der Waals surface area contributed by atoms with E-state index in [9.17, 15) is 0 Å². The molecule has 13 aromatic carbocycles. The maximum atomic E-state index is 2.67. The van der Waals surface area contributed by atoms with Crippen LogP contribution in [0.5, 0.6) is 0 Å². The molecule has 0 saturated carbocycles. The Kier molecular flexibility index (Phi) is 12.1. The highest BCUT2D eigenvalue weighted by atomic mass is 32.1. The van der Waals surface area contributed by atoms with Crippen LogP contribution in [0.15, 0.2) is 315 Å². The SMILES string of the molecule is CC1(C)c2ccccc2N(c2cc3c4c(c2)N(c2ccccc2)c2cc5c(cc2B4c2ccccc2N3c2ccccc2)B2c3cc(-c4ccccc4)sc3N(c3ccccc3)c3cc(N4c6ccccc6C(C)(C)c6ccccc64)cc(c32)N5c2ccccc2)c2ccccc21. The summed E-state index contributed by atoms with van der Waals surface area (Å²) >= 11 is 1.90. The summed E-state index contributed by atoms with van der Waals surface area (Å²) < 4.78 is 0. The lowest BCUT2D eigenvalue weighted by Gasteiger charge is -2.48.